The maximum absolute atomic E-state index is 12.9. The monoisotopic (exact) mass is 351 g/mol. The highest BCUT2D eigenvalue weighted by Crippen LogP contribution is 2.41. The van der Waals surface area contributed by atoms with Gasteiger partial charge in [-0.15, -0.1) is 0 Å². The van der Waals surface area contributed by atoms with Crippen molar-refractivity contribution in [1.82, 2.24) is 24.9 Å². The van der Waals surface area contributed by atoms with Gasteiger partial charge in [0.05, 0.1) is 12.2 Å². The summed E-state index contributed by atoms with van der Waals surface area (Å²) < 4.78 is 29.1. The summed E-state index contributed by atoms with van der Waals surface area (Å²) in [5.74, 6) is -0.00258. The molecule has 2 aromatic heterocycles. The molecule has 6 nitrogen and oxygen atoms in total. The molecule has 0 spiro atoms. The number of rotatable bonds is 7. The van der Waals surface area contributed by atoms with E-state index in [0.717, 1.165) is 36.3 Å². The predicted molar refractivity (Wildman–Crippen MR) is 88.4 cm³/mol. The lowest BCUT2D eigenvalue weighted by molar-refractivity contribution is -0.122. The number of alkyl halides is 2. The Bertz CT molecular complexity index is 763. The Kier molecular flexibility index (Phi) is 4.87. The number of carbonyl (C=O) groups excluding carboxylic acids is 1. The fraction of sp³-hybridized carbons (Fsp3) is 0.588. The molecule has 2 heterocycles. The van der Waals surface area contributed by atoms with E-state index in [9.17, 15) is 13.6 Å². The first kappa shape index (κ1) is 17.6. The first-order valence-corrected chi connectivity index (χ1v) is 8.58. The summed E-state index contributed by atoms with van der Waals surface area (Å²) in [6.45, 7) is 6.56. The lowest BCUT2D eigenvalue weighted by Crippen LogP contribution is -2.31. The van der Waals surface area contributed by atoms with E-state index in [2.05, 4.69) is 15.5 Å². The average molecular weight is 351 g/mol. The molecule has 1 unspecified atom stereocenters. The lowest BCUT2D eigenvalue weighted by atomic mass is 10.1. The van der Waals surface area contributed by atoms with Crippen LogP contribution in [0, 0.1) is 6.92 Å². The largest absolute Gasteiger partial charge is 0.348 e. The molecular weight excluding hydrogens is 328 g/mol. The summed E-state index contributed by atoms with van der Waals surface area (Å²) in [5.41, 5.74) is 2.43. The van der Waals surface area contributed by atoms with Gasteiger partial charge in [0.1, 0.15) is 12.2 Å². The summed E-state index contributed by atoms with van der Waals surface area (Å²) in [6, 6.07) is 1.22. The maximum atomic E-state index is 12.9. The molecule has 1 fully saturated rings. The van der Waals surface area contributed by atoms with Gasteiger partial charge >= 0.3 is 0 Å². The Balaban J connectivity index is 1.69. The second-order valence-electron chi connectivity index (χ2n) is 6.52. The lowest BCUT2D eigenvalue weighted by Gasteiger charge is -2.15. The second-order valence-corrected chi connectivity index (χ2v) is 6.52. The minimum Gasteiger partial charge on any atom is -0.348 e. The van der Waals surface area contributed by atoms with E-state index in [4.69, 9.17) is 0 Å². The third-order valence-corrected chi connectivity index (χ3v) is 4.63. The Morgan fingerprint density at radius 1 is 1.40 bits per heavy atom. The van der Waals surface area contributed by atoms with Gasteiger partial charge in [0, 0.05) is 29.4 Å². The Morgan fingerprint density at radius 3 is 2.68 bits per heavy atom. The maximum Gasteiger partial charge on any atom is 0.282 e. The van der Waals surface area contributed by atoms with Gasteiger partial charge in [-0.05, 0) is 39.7 Å². The van der Waals surface area contributed by atoms with E-state index in [0.29, 0.717) is 0 Å². The van der Waals surface area contributed by atoms with E-state index in [-0.39, 0.29) is 30.1 Å². The van der Waals surface area contributed by atoms with Crippen molar-refractivity contribution in [3.63, 3.8) is 0 Å². The van der Waals surface area contributed by atoms with Gasteiger partial charge in [-0.2, -0.15) is 10.2 Å². The zero-order valence-corrected chi connectivity index (χ0v) is 14.7. The standard InChI is InChI=1S/C17H23F2N5O/c1-4-23-11(3)13(8-20-23)10(2)21-16(25)9-24-15(12-5-6-12)7-14(22-24)17(18)19/h7-8,10,12,17H,4-6,9H2,1-3H3,(H,21,25). The molecule has 1 atom stereocenters. The van der Waals surface area contributed by atoms with Crippen molar-refractivity contribution in [2.75, 3.05) is 0 Å². The Morgan fingerprint density at radius 2 is 2.12 bits per heavy atom. The molecule has 1 amide bonds. The third kappa shape index (κ3) is 3.72. The first-order valence-electron chi connectivity index (χ1n) is 8.58. The molecule has 136 valence electrons. The zero-order valence-electron chi connectivity index (χ0n) is 14.7. The summed E-state index contributed by atoms with van der Waals surface area (Å²) >= 11 is 0. The number of aromatic nitrogens is 4. The van der Waals surface area contributed by atoms with Crippen LogP contribution >= 0.6 is 0 Å². The molecule has 25 heavy (non-hydrogen) atoms. The van der Waals surface area contributed by atoms with Crippen molar-refractivity contribution in [2.24, 2.45) is 0 Å². The molecule has 2 aromatic rings. The van der Waals surface area contributed by atoms with Crippen molar-refractivity contribution in [1.29, 1.82) is 0 Å². The van der Waals surface area contributed by atoms with Crippen LogP contribution in [0.1, 0.15) is 67.7 Å². The smallest absolute Gasteiger partial charge is 0.282 e. The molecule has 8 heteroatoms. The molecule has 1 aliphatic rings. The van der Waals surface area contributed by atoms with Crippen LogP contribution < -0.4 is 5.32 Å². The third-order valence-electron chi connectivity index (χ3n) is 4.63. The fourth-order valence-corrected chi connectivity index (χ4v) is 3.10. The zero-order chi connectivity index (χ0) is 18.1. The van der Waals surface area contributed by atoms with Crippen molar-refractivity contribution in [2.45, 2.75) is 65.1 Å². The van der Waals surface area contributed by atoms with Crippen LogP contribution in [-0.4, -0.2) is 25.5 Å². The van der Waals surface area contributed by atoms with Gasteiger partial charge in [0.25, 0.3) is 6.43 Å². The molecule has 1 aliphatic carbocycles. The fourth-order valence-electron chi connectivity index (χ4n) is 3.10. The van der Waals surface area contributed by atoms with Crippen LogP contribution in [0.5, 0.6) is 0 Å². The van der Waals surface area contributed by atoms with E-state index in [1.165, 1.54) is 10.7 Å². The highest BCUT2D eigenvalue weighted by molar-refractivity contribution is 5.76. The number of hydrogen-bond acceptors (Lipinski definition) is 3. The molecule has 1 N–H and O–H groups in total. The van der Waals surface area contributed by atoms with Crippen molar-refractivity contribution >= 4 is 5.91 Å². The van der Waals surface area contributed by atoms with Crippen molar-refractivity contribution in [3.05, 3.63) is 34.9 Å². The van der Waals surface area contributed by atoms with Gasteiger partial charge in [0.2, 0.25) is 5.91 Å². The van der Waals surface area contributed by atoms with Gasteiger partial charge in [-0.1, -0.05) is 0 Å². The normalized spacial score (nSPS) is 15.6. The Hall–Kier alpha value is -2.25. The van der Waals surface area contributed by atoms with E-state index >= 15 is 0 Å². The topological polar surface area (TPSA) is 64.7 Å². The minimum absolute atomic E-state index is 0.0517. The predicted octanol–water partition coefficient (Wildman–Crippen LogP) is 3.10. The number of carbonyl (C=O) groups is 1. The first-order chi connectivity index (χ1) is 11.9. The minimum atomic E-state index is -2.62. The summed E-state index contributed by atoms with van der Waals surface area (Å²) in [4.78, 5) is 12.4. The highest BCUT2D eigenvalue weighted by Gasteiger charge is 2.30. The molecule has 3 rings (SSSR count). The van der Waals surface area contributed by atoms with E-state index in [1.54, 1.807) is 6.20 Å². The van der Waals surface area contributed by atoms with Crippen LogP contribution in [0.4, 0.5) is 8.78 Å². The number of hydrogen-bond donors (Lipinski definition) is 1. The molecule has 0 bridgehead atoms. The van der Waals surface area contributed by atoms with E-state index in [1.807, 2.05) is 25.5 Å². The quantitative estimate of drug-likeness (QED) is 0.834. The average Bonchev–Trinajstić information content (AvgIpc) is 3.20. The van der Waals surface area contributed by atoms with Crippen LogP contribution in [0.15, 0.2) is 12.3 Å². The van der Waals surface area contributed by atoms with Crippen molar-refractivity contribution in [3.8, 4) is 0 Å². The van der Waals surface area contributed by atoms with E-state index < -0.39 is 6.43 Å². The SMILES string of the molecule is CCn1ncc(C(C)NC(=O)Cn2nc(C(F)F)cc2C2CC2)c1C. The molecule has 0 aromatic carbocycles. The van der Waals surface area contributed by atoms with Crippen LogP contribution in [-0.2, 0) is 17.9 Å². The molecule has 0 radical (unpaired) electrons. The molecular formula is C17H23F2N5O. The number of halogens is 2. The number of nitrogens with one attached hydrogen (secondary N) is 1. The molecule has 1 saturated carbocycles. The van der Waals surface area contributed by atoms with Gasteiger partial charge < -0.3 is 5.32 Å². The van der Waals surface area contributed by atoms with Gasteiger partial charge in [-0.25, -0.2) is 8.78 Å². The molecule has 0 saturated heterocycles. The second kappa shape index (κ2) is 6.93. The Labute approximate surface area is 145 Å². The van der Waals surface area contributed by atoms with Gasteiger partial charge in [0.15, 0.2) is 0 Å². The number of amides is 1. The van der Waals surface area contributed by atoms with Crippen LogP contribution in [0.3, 0.4) is 0 Å². The highest BCUT2D eigenvalue weighted by atomic mass is 19.3. The van der Waals surface area contributed by atoms with Crippen LogP contribution in [0.2, 0.25) is 0 Å². The molecule has 0 aliphatic heterocycles. The van der Waals surface area contributed by atoms with Crippen LogP contribution in [0.25, 0.3) is 0 Å². The summed E-state index contributed by atoms with van der Waals surface area (Å²) in [6.07, 6.45) is 1.05. The number of nitrogens with zero attached hydrogens (tertiary/aromatic N) is 4. The summed E-state index contributed by atoms with van der Waals surface area (Å²) in [5, 5.41) is 11.1. The summed E-state index contributed by atoms with van der Waals surface area (Å²) in [7, 11) is 0. The number of aryl methyl sites for hydroxylation is 1. The van der Waals surface area contributed by atoms with Gasteiger partial charge in [-0.3, -0.25) is 14.2 Å². The van der Waals surface area contributed by atoms with Crippen molar-refractivity contribution < 1.29 is 13.6 Å².